The predicted octanol–water partition coefficient (Wildman–Crippen LogP) is 2.56. The molecule has 0 saturated heterocycles. The monoisotopic (exact) mass is 464 g/mol. The molecule has 0 fully saturated rings. The Bertz CT molecular complexity index is 1360. The summed E-state index contributed by atoms with van der Waals surface area (Å²) in [5.41, 5.74) is 9.43. The molecule has 3 heterocycles. The van der Waals surface area contributed by atoms with Crippen LogP contribution in [0, 0.1) is 13.8 Å². The second-order valence-electron chi connectivity index (χ2n) is 7.59. The van der Waals surface area contributed by atoms with Crippen LogP contribution in [0.4, 0.5) is 5.82 Å². The Hall–Kier alpha value is -3.60. The van der Waals surface area contributed by atoms with Crippen molar-refractivity contribution in [1.29, 1.82) is 0 Å². The van der Waals surface area contributed by atoms with Gasteiger partial charge in [0.1, 0.15) is 12.0 Å². The van der Waals surface area contributed by atoms with Crippen LogP contribution in [0.15, 0.2) is 72.1 Å². The summed E-state index contributed by atoms with van der Waals surface area (Å²) in [7, 11) is -3.87. The van der Waals surface area contributed by atoms with Crippen molar-refractivity contribution < 1.29 is 13.5 Å². The molecule has 0 spiro atoms. The number of aromatic nitrogens is 4. The zero-order valence-electron chi connectivity index (χ0n) is 18.2. The number of benzene rings is 1. The highest BCUT2D eigenvalue weighted by Gasteiger charge is 2.20. The van der Waals surface area contributed by atoms with Gasteiger partial charge in [-0.3, -0.25) is 5.32 Å². The van der Waals surface area contributed by atoms with Crippen molar-refractivity contribution >= 4 is 15.8 Å². The molecule has 4 rings (SSSR count). The highest BCUT2D eigenvalue weighted by molar-refractivity contribution is 7.90. The molecule has 0 aliphatic heterocycles. The number of rotatable bonds is 7. The van der Waals surface area contributed by atoms with E-state index in [4.69, 9.17) is 5.73 Å². The van der Waals surface area contributed by atoms with Crippen LogP contribution in [-0.4, -0.2) is 32.4 Å². The number of hydrogen-bond acceptors (Lipinski definition) is 8. The molecule has 1 atom stereocenters. The molecular formula is C23H24N6O3S. The van der Waals surface area contributed by atoms with Gasteiger partial charge in [0.05, 0.1) is 4.90 Å². The van der Waals surface area contributed by atoms with Gasteiger partial charge in [-0.15, -0.1) is 0 Å². The smallest absolute Gasteiger partial charge is 0.267 e. The average molecular weight is 465 g/mol. The predicted molar refractivity (Wildman–Crippen MR) is 124 cm³/mol. The first-order valence-corrected chi connectivity index (χ1v) is 11.6. The zero-order chi connectivity index (χ0) is 23.6. The fraction of sp³-hybridized carbons (Fsp3) is 0.174. The summed E-state index contributed by atoms with van der Waals surface area (Å²) in [6.45, 7) is 4.12. The molecule has 33 heavy (non-hydrogen) atoms. The second kappa shape index (κ2) is 9.10. The molecule has 1 unspecified atom stereocenters. The summed E-state index contributed by atoms with van der Waals surface area (Å²) in [5.74, 6) is 0.879. The van der Waals surface area contributed by atoms with Gasteiger partial charge in [0.25, 0.3) is 10.0 Å². The van der Waals surface area contributed by atoms with E-state index in [1.165, 1.54) is 24.5 Å². The maximum Gasteiger partial charge on any atom is 0.267 e. The van der Waals surface area contributed by atoms with Crippen LogP contribution >= 0.6 is 0 Å². The molecule has 0 amide bonds. The van der Waals surface area contributed by atoms with E-state index in [0.717, 1.165) is 20.8 Å². The third kappa shape index (κ3) is 4.77. The topological polar surface area (TPSA) is 136 Å². The first-order chi connectivity index (χ1) is 15.8. The Morgan fingerprint density at radius 3 is 2.61 bits per heavy atom. The van der Waals surface area contributed by atoms with Gasteiger partial charge >= 0.3 is 0 Å². The molecule has 1 aromatic carbocycles. The van der Waals surface area contributed by atoms with Crippen molar-refractivity contribution in [3.63, 3.8) is 0 Å². The molecule has 9 nitrogen and oxygen atoms in total. The normalized spacial score (nSPS) is 12.6. The molecule has 0 aliphatic rings. The molecule has 0 bridgehead atoms. The van der Waals surface area contributed by atoms with E-state index in [0.29, 0.717) is 29.3 Å². The van der Waals surface area contributed by atoms with Crippen molar-refractivity contribution in [2.75, 3.05) is 5.73 Å². The highest BCUT2D eigenvalue weighted by Crippen LogP contribution is 2.23. The Labute approximate surface area is 192 Å². The maximum atomic E-state index is 13.2. The lowest BCUT2D eigenvalue weighted by molar-refractivity contribution is 0.137. The molecule has 4 N–H and O–H groups in total. The summed E-state index contributed by atoms with van der Waals surface area (Å²) >= 11 is 0. The number of nitrogens with zero attached hydrogens (tertiary/aromatic N) is 4. The van der Waals surface area contributed by atoms with Gasteiger partial charge in [0.2, 0.25) is 0 Å². The Kier molecular flexibility index (Phi) is 6.23. The van der Waals surface area contributed by atoms with Crippen LogP contribution in [0.25, 0.3) is 11.4 Å². The third-order valence-electron chi connectivity index (χ3n) is 5.29. The molecule has 0 aliphatic carbocycles. The maximum absolute atomic E-state index is 13.2. The Balaban J connectivity index is 1.53. The summed E-state index contributed by atoms with van der Waals surface area (Å²) in [5, 5.41) is 13.6. The number of aryl methyl sites for hydroxylation is 2. The van der Waals surface area contributed by atoms with Crippen LogP contribution in [0.1, 0.15) is 28.6 Å². The lowest BCUT2D eigenvalue weighted by Gasteiger charge is -2.15. The first-order valence-electron chi connectivity index (χ1n) is 10.2. The lowest BCUT2D eigenvalue weighted by atomic mass is 10.1. The largest absolute Gasteiger partial charge is 0.384 e. The van der Waals surface area contributed by atoms with Gasteiger partial charge in [-0.05, 0) is 55.3 Å². The van der Waals surface area contributed by atoms with Gasteiger partial charge < -0.3 is 10.8 Å². The Morgan fingerprint density at radius 2 is 1.88 bits per heavy atom. The van der Waals surface area contributed by atoms with Crippen LogP contribution < -0.4 is 11.1 Å². The number of hydrogen-bond donors (Lipinski definition) is 3. The molecule has 0 radical (unpaired) electrons. The minimum Gasteiger partial charge on any atom is -0.384 e. The fourth-order valence-corrected chi connectivity index (χ4v) is 4.79. The van der Waals surface area contributed by atoms with Gasteiger partial charge in [-0.2, -0.15) is 0 Å². The van der Waals surface area contributed by atoms with Crippen LogP contribution in [0.2, 0.25) is 0 Å². The minimum atomic E-state index is -3.87. The third-order valence-corrected chi connectivity index (χ3v) is 6.92. The van der Waals surface area contributed by atoms with Crippen molar-refractivity contribution in [3.05, 3.63) is 89.6 Å². The van der Waals surface area contributed by atoms with Gasteiger partial charge in [0, 0.05) is 48.2 Å². The zero-order valence-corrected chi connectivity index (χ0v) is 19.0. The van der Waals surface area contributed by atoms with Crippen molar-refractivity contribution in [1.82, 2.24) is 24.2 Å². The van der Waals surface area contributed by atoms with Gasteiger partial charge in [-0.1, -0.05) is 12.1 Å². The molecule has 170 valence electrons. The average Bonchev–Trinajstić information content (AvgIpc) is 3.30. The molecule has 4 aromatic rings. The number of aliphatic hydroxyl groups is 1. The van der Waals surface area contributed by atoms with E-state index in [1.807, 2.05) is 13.8 Å². The first kappa shape index (κ1) is 22.6. The molecule has 10 heteroatoms. The fourth-order valence-electron chi connectivity index (χ4n) is 3.54. The second-order valence-corrected chi connectivity index (χ2v) is 9.43. The highest BCUT2D eigenvalue weighted by atomic mass is 32.2. The number of nitrogens with two attached hydrogens (primary N) is 1. The van der Waals surface area contributed by atoms with Crippen molar-refractivity contribution in [2.24, 2.45) is 0 Å². The van der Waals surface area contributed by atoms with Crippen LogP contribution in [0.3, 0.4) is 0 Å². The SMILES string of the molecule is Cc1cc(N)nc(C)c1CNC(O)c1ccn(S(=O)(=O)c2cccc(-c3ncccn3)c2)c1. The minimum absolute atomic E-state index is 0.0938. The van der Waals surface area contributed by atoms with E-state index >= 15 is 0 Å². The Morgan fingerprint density at radius 1 is 1.12 bits per heavy atom. The van der Waals surface area contributed by atoms with E-state index in [2.05, 4.69) is 20.3 Å². The quantitative estimate of drug-likeness (QED) is 0.355. The number of aliphatic hydroxyl groups excluding tert-OH is 1. The van der Waals surface area contributed by atoms with Crippen molar-refractivity contribution in [2.45, 2.75) is 31.5 Å². The molecule has 3 aromatic heterocycles. The summed E-state index contributed by atoms with van der Waals surface area (Å²) in [6.07, 6.45) is 4.92. The molecular weight excluding hydrogens is 440 g/mol. The van der Waals surface area contributed by atoms with E-state index in [-0.39, 0.29) is 4.90 Å². The summed E-state index contributed by atoms with van der Waals surface area (Å²) in [4.78, 5) is 12.7. The van der Waals surface area contributed by atoms with Crippen LogP contribution in [-0.2, 0) is 16.6 Å². The van der Waals surface area contributed by atoms with Crippen molar-refractivity contribution in [3.8, 4) is 11.4 Å². The van der Waals surface area contributed by atoms with Gasteiger partial charge in [0.15, 0.2) is 5.82 Å². The number of nitrogen functional groups attached to an aromatic ring is 1. The van der Waals surface area contributed by atoms with Gasteiger partial charge in [-0.25, -0.2) is 27.3 Å². The molecule has 0 saturated carbocycles. The van der Waals surface area contributed by atoms with E-state index < -0.39 is 16.3 Å². The number of pyridine rings is 1. The number of anilines is 1. The van der Waals surface area contributed by atoms with E-state index in [1.54, 1.807) is 42.7 Å². The lowest BCUT2D eigenvalue weighted by Crippen LogP contribution is -2.21. The van der Waals surface area contributed by atoms with Crippen LogP contribution in [0.5, 0.6) is 0 Å². The summed E-state index contributed by atoms with van der Waals surface area (Å²) in [6, 6.07) is 11.4. The standard InChI is InChI=1S/C23H24N6O3S/c1-15-11-21(24)28-16(2)20(15)13-27-23(30)18-7-10-29(14-18)33(31,32)19-6-3-5-17(12-19)22-25-8-4-9-26-22/h3-12,14,23,27,30H,13H2,1-2H3,(H2,24,28). The summed E-state index contributed by atoms with van der Waals surface area (Å²) < 4.78 is 27.4. The van der Waals surface area contributed by atoms with E-state index in [9.17, 15) is 13.5 Å². The number of nitrogens with one attached hydrogen (secondary N) is 1.